The summed E-state index contributed by atoms with van der Waals surface area (Å²) in [5.74, 6) is -0.860. The first-order valence-corrected chi connectivity index (χ1v) is 5.94. The van der Waals surface area contributed by atoms with Crippen LogP contribution in [0.1, 0.15) is 17.2 Å². The van der Waals surface area contributed by atoms with Crippen LogP contribution in [0.25, 0.3) is 0 Å². The van der Waals surface area contributed by atoms with Gasteiger partial charge in [-0.3, -0.25) is 0 Å². The Hall–Kier alpha value is -1.65. The van der Waals surface area contributed by atoms with Gasteiger partial charge in [-0.1, -0.05) is 17.7 Å². The molecular formula is C14H12ClF2NO. The van der Waals surface area contributed by atoms with Gasteiger partial charge in [-0.05, 0) is 29.8 Å². The number of ether oxygens (including phenoxy) is 1. The van der Waals surface area contributed by atoms with Crippen LogP contribution in [0.15, 0.2) is 36.4 Å². The molecule has 0 bridgehead atoms. The zero-order chi connectivity index (χ0) is 14.0. The number of hydrogen-bond donors (Lipinski definition) is 1. The third-order valence-electron chi connectivity index (χ3n) is 2.77. The van der Waals surface area contributed by atoms with Crippen molar-refractivity contribution in [3.05, 3.63) is 64.2 Å². The highest BCUT2D eigenvalue weighted by Crippen LogP contribution is 2.31. The minimum Gasteiger partial charge on any atom is -0.496 e. The molecule has 0 amide bonds. The van der Waals surface area contributed by atoms with E-state index in [-0.39, 0.29) is 0 Å². The van der Waals surface area contributed by atoms with Gasteiger partial charge < -0.3 is 10.5 Å². The number of benzene rings is 2. The second-order valence-corrected chi connectivity index (χ2v) is 4.50. The first-order chi connectivity index (χ1) is 9.01. The highest BCUT2D eigenvalue weighted by atomic mass is 35.5. The molecule has 0 spiro atoms. The highest BCUT2D eigenvalue weighted by molar-refractivity contribution is 6.30. The van der Waals surface area contributed by atoms with E-state index in [0.717, 1.165) is 6.07 Å². The maximum absolute atomic E-state index is 13.2. The number of hydrogen-bond acceptors (Lipinski definition) is 2. The third-order valence-corrected chi connectivity index (χ3v) is 3.01. The molecule has 2 aromatic rings. The fourth-order valence-corrected chi connectivity index (χ4v) is 2.04. The summed E-state index contributed by atoms with van der Waals surface area (Å²) in [5.41, 5.74) is 6.96. The number of methoxy groups -OCH3 is 1. The average molecular weight is 284 g/mol. The lowest BCUT2D eigenvalue weighted by molar-refractivity contribution is 0.408. The van der Waals surface area contributed by atoms with Crippen LogP contribution in [-0.2, 0) is 0 Å². The Morgan fingerprint density at radius 2 is 1.74 bits per heavy atom. The molecule has 0 saturated heterocycles. The van der Waals surface area contributed by atoms with Gasteiger partial charge in [-0.25, -0.2) is 8.78 Å². The van der Waals surface area contributed by atoms with E-state index in [1.54, 1.807) is 18.2 Å². The fourth-order valence-electron chi connectivity index (χ4n) is 1.88. The van der Waals surface area contributed by atoms with Gasteiger partial charge in [0.25, 0.3) is 0 Å². The van der Waals surface area contributed by atoms with Crippen LogP contribution in [0.3, 0.4) is 0 Å². The smallest absolute Gasteiger partial charge is 0.126 e. The Kier molecular flexibility index (Phi) is 4.02. The molecule has 0 aliphatic rings. The molecule has 2 rings (SSSR count). The second-order valence-electron chi connectivity index (χ2n) is 4.07. The van der Waals surface area contributed by atoms with Crippen molar-refractivity contribution in [1.29, 1.82) is 0 Å². The van der Waals surface area contributed by atoms with E-state index in [0.29, 0.717) is 21.9 Å². The van der Waals surface area contributed by atoms with Gasteiger partial charge in [0.15, 0.2) is 0 Å². The molecule has 1 atom stereocenters. The van der Waals surface area contributed by atoms with E-state index in [1.165, 1.54) is 19.2 Å². The SMILES string of the molecule is COc1cc(Cl)ccc1C(N)c1cc(F)cc(F)c1. The van der Waals surface area contributed by atoms with Gasteiger partial charge in [0.2, 0.25) is 0 Å². The Morgan fingerprint density at radius 3 is 2.32 bits per heavy atom. The van der Waals surface area contributed by atoms with Crippen LogP contribution in [0.2, 0.25) is 5.02 Å². The van der Waals surface area contributed by atoms with Crippen molar-refractivity contribution < 1.29 is 13.5 Å². The van der Waals surface area contributed by atoms with Gasteiger partial charge in [-0.15, -0.1) is 0 Å². The van der Waals surface area contributed by atoms with E-state index in [4.69, 9.17) is 22.1 Å². The Balaban J connectivity index is 2.46. The minimum absolute atomic E-state index is 0.332. The standard InChI is InChI=1S/C14H12ClF2NO/c1-19-13-6-9(15)2-3-12(13)14(18)8-4-10(16)7-11(17)5-8/h2-7,14H,18H2,1H3. The lowest BCUT2D eigenvalue weighted by atomic mass is 9.98. The monoisotopic (exact) mass is 283 g/mol. The van der Waals surface area contributed by atoms with Crippen molar-refractivity contribution >= 4 is 11.6 Å². The largest absolute Gasteiger partial charge is 0.496 e. The van der Waals surface area contributed by atoms with Crippen molar-refractivity contribution in [2.24, 2.45) is 5.73 Å². The summed E-state index contributed by atoms with van der Waals surface area (Å²) in [6.45, 7) is 0. The summed E-state index contributed by atoms with van der Waals surface area (Å²) >= 11 is 5.86. The Labute approximate surface area is 114 Å². The molecule has 2 nitrogen and oxygen atoms in total. The molecule has 0 radical (unpaired) electrons. The molecule has 2 aromatic carbocycles. The topological polar surface area (TPSA) is 35.2 Å². The maximum Gasteiger partial charge on any atom is 0.126 e. The Morgan fingerprint density at radius 1 is 1.11 bits per heavy atom. The molecule has 0 aromatic heterocycles. The zero-order valence-electron chi connectivity index (χ0n) is 10.2. The quantitative estimate of drug-likeness (QED) is 0.933. The molecule has 100 valence electrons. The molecule has 5 heteroatoms. The molecule has 0 aliphatic carbocycles. The maximum atomic E-state index is 13.2. The van der Waals surface area contributed by atoms with E-state index in [2.05, 4.69) is 0 Å². The first-order valence-electron chi connectivity index (χ1n) is 5.56. The number of rotatable bonds is 3. The second kappa shape index (κ2) is 5.55. The minimum atomic E-state index is -0.697. The van der Waals surface area contributed by atoms with Gasteiger partial charge in [0.1, 0.15) is 17.4 Å². The van der Waals surface area contributed by atoms with Crippen molar-refractivity contribution in [2.75, 3.05) is 7.11 Å². The Bertz CT molecular complexity index is 584. The normalized spacial score (nSPS) is 12.3. The number of nitrogens with two attached hydrogens (primary N) is 1. The summed E-state index contributed by atoms with van der Waals surface area (Å²) in [5, 5.41) is 0.498. The summed E-state index contributed by atoms with van der Waals surface area (Å²) in [7, 11) is 1.48. The van der Waals surface area contributed by atoms with Gasteiger partial charge in [0, 0.05) is 16.7 Å². The van der Waals surface area contributed by atoms with Crippen LogP contribution in [0.4, 0.5) is 8.78 Å². The summed E-state index contributed by atoms with van der Waals surface area (Å²) in [6.07, 6.45) is 0. The van der Waals surface area contributed by atoms with E-state index in [1.807, 2.05) is 0 Å². The van der Waals surface area contributed by atoms with Crippen LogP contribution in [-0.4, -0.2) is 7.11 Å². The molecule has 0 fully saturated rings. The van der Waals surface area contributed by atoms with Crippen LogP contribution < -0.4 is 10.5 Å². The van der Waals surface area contributed by atoms with Gasteiger partial charge in [-0.2, -0.15) is 0 Å². The molecule has 1 unspecified atom stereocenters. The predicted octanol–water partition coefficient (Wildman–Crippen LogP) is 3.67. The van der Waals surface area contributed by atoms with Gasteiger partial charge >= 0.3 is 0 Å². The van der Waals surface area contributed by atoms with Crippen molar-refractivity contribution in [1.82, 2.24) is 0 Å². The van der Waals surface area contributed by atoms with E-state index >= 15 is 0 Å². The van der Waals surface area contributed by atoms with E-state index in [9.17, 15) is 8.78 Å². The lowest BCUT2D eigenvalue weighted by Gasteiger charge is -2.16. The summed E-state index contributed by atoms with van der Waals surface area (Å²) < 4.78 is 31.6. The molecule has 2 N–H and O–H groups in total. The highest BCUT2D eigenvalue weighted by Gasteiger charge is 2.16. The summed E-state index contributed by atoms with van der Waals surface area (Å²) in [4.78, 5) is 0. The third kappa shape index (κ3) is 3.03. The number of halogens is 3. The molecule has 19 heavy (non-hydrogen) atoms. The van der Waals surface area contributed by atoms with Crippen LogP contribution in [0.5, 0.6) is 5.75 Å². The fraction of sp³-hybridized carbons (Fsp3) is 0.143. The van der Waals surface area contributed by atoms with Crippen LogP contribution >= 0.6 is 11.6 Å². The molecule has 0 aliphatic heterocycles. The van der Waals surface area contributed by atoms with Crippen molar-refractivity contribution in [3.63, 3.8) is 0 Å². The summed E-state index contributed by atoms with van der Waals surface area (Å²) in [6, 6.07) is 7.42. The van der Waals surface area contributed by atoms with Crippen molar-refractivity contribution in [3.8, 4) is 5.75 Å². The zero-order valence-corrected chi connectivity index (χ0v) is 10.9. The average Bonchev–Trinajstić information content (AvgIpc) is 2.36. The molecule has 0 heterocycles. The van der Waals surface area contributed by atoms with Crippen molar-refractivity contribution in [2.45, 2.75) is 6.04 Å². The van der Waals surface area contributed by atoms with E-state index < -0.39 is 17.7 Å². The molecular weight excluding hydrogens is 272 g/mol. The van der Waals surface area contributed by atoms with Crippen LogP contribution in [0, 0.1) is 11.6 Å². The van der Waals surface area contributed by atoms with Gasteiger partial charge in [0.05, 0.1) is 13.2 Å². The predicted molar refractivity (Wildman–Crippen MR) is 70.4 cm³/mol. The molecule has 0 saturated carbocycles. The first kappa shape index (κ1) is 13.8. The lowest BCUT2D eigenvalue weighted by Crippen LogP contribution is -2.13.